The van der Waals surface area contributed by atoms with Gasteiger partial charge in [-0.1, -0.05) is 0 Å². The lowest BCUT2D eigenvalue weighted by Gasteiger charge is -2.07. The summed E-state index contributed by atoms with van der Waals surface area (Å²) in [7, 11) is 0. The van der Waals surface area contributed by atoms with Crippen molar-refractivity contribution in [3.05, 3.63) is 41.9 Å². The summed E-state index contributed by atoms with van der Waals surface area (Å²) in [6, 6.07) is 4.94. The molecule has 2 aromatic rings. The van der Waals surface area contributed by atoms with Crippen molar-refractivity contribution in [3.63, 3.8) is 0 Å². The SMILES string of the molecule is CCOC(=O)c1cccnc1-n1ccc(CO)n1. The molecule has 6 heteroatoms. The van der Waals surface area contributed by atoms with Gasteiger partial charge in [0.1, 0.15) is 5.56 Å². The van der Waals surface area contributed by atoms with Crippen LogP contribution in [0.1, 0.15) is 23.0 Å². The van der Waals surface area contributed by atoms with Gasteiger partial charge in [-0.3, -0.25) is 0 Å². The molecule has 0 radical (unpaired) electrons. The Morgan fingerprint density at radius 1 is 1.50 bits per heavy atom. The molecule has 0 spiro atoms. The van der Waals surface area contributed by atoms with E-state index in [9.17, 15) is 4.79 Å². The van der Waals surface area contributed by atoms with E-state index in [1.54, 1.807) is 37.5 Å². The molecule has 1 N–H and O–H groups in total. The van der Waals surface area contributed by atoms with Crippen LogP contribution in [0.5, 0.6) is 0 Å². The van der Waals surface area contributed by atoms with Crippen LogP contribution in [0.2, 0.25) is 0 Å². The predicted octanol–water partition coefficient (Wildman–Crippen LogP) is 0.936. The van der Waals surface area contributed by atoms with E-state index in [4.69, 9.17) is 9.84 Å². The van der Waals surface area contributed by atoms with Crippen molar-refractivity contribution < 1.29 is 14.6 Å². The number of rotatable bonds is 4. The minimum atomic E-state index is -0.443. The van der Waals surface area contributed by atoms with Gasteiger partial charge in [-0.05, 0) is 25.1 Å². The van der Waals surface area contributed by atoms with Gasteiger partial charge in [0.05, 0.1) is 18.9 Å². The lowest BCUT2D eigenvalue weighted by molar-refractivity contribution is 0.0525. The Morgan fingerprint density at radius 2 is 2.33 bits per heavy atom. The maximum Gasteiger partial charge on any atom is 0.341 e. The van der Waals surface area contributed by atoms with Gasteiger partial charge in [-0.25, -0.2) is 14.5 Å². The highest BCUT2D eigenvalue weighted by molar-refractivity contribution is 5.92. The molecule has 0 fully saturated rings. The van der Waals surface area contributed by atoms with Gasteiger partial charge in [0.25, 0.3) is 0 Å². The van der Waals surface area contributed by atoms with Gasteiger partial charge in [0.2, 0.25) is 0 Å². The molecule has 0 unspecified atom stereocenters. The summed E-state index contributed by atoms with van der Waals surface area (Å²) in [5.41, 5.74) is 0.849. The minimum absolute atomic E-state index is 0.158. The zero-order chi connectivity index (χ0) is 13.0. The quantitative estimate of drug-likeness (QED) is 0.813. The molecule has 0 aliphatic heterocycles. The van der Waals surface area contributed by atoms with Crippen LogP contribution in [0.25, 0.3) is 5.82 Å². The molecule has 0 aliphatic rings. The Bertz CT molecular complexity index is 551. The highest BCUT2D eigenvalue weighted by atomic mass is 16.5. The molecule has 2 aromatic heterocycles. The molecule has 0 bridgehead atoms. The first-order valence-electron chi connectivity index (χ1n) is 5.54. The van der Waals surface area contributed by atoms with Crippen LogP contribution in [-0.2, 0) is 11.3 Å². The topological polar surface area (TPSA) is 77.2 Å². The van der Waals surface area contributed by atoms with Gasteiger partial charge in [-0.2, -0.15) is 5.10 Å². The summed E-state index contributed by atoms with van der Waals surface area (Å²) >= 11 is 0. The molecule has 2 rings (SSSR count). The number of aliphatic hydroxyl groups is 1. The Hall–Kier alpha value is -2.21. The second kappa shape index (κ2) is 5.42. The van der Waals surface area contributed by atoms with Gasteiger partial charge >= 0.3 is 5.97 Å². The average Bonchev–Trinajstić information content (AvgIpc) is 2.87. The molecule has 0 amide bonds. The Labute approximate surface area is 104 Å². The second-order valence-corrected chi connectivity index (χ2v) is 3.50. The summed E-state index contributed by atoms with van der Waals surface area (Å²) in [6.45, 7) is 1.88. The number of pyridine rings is 1. The molecule has 0 saturated heterocycles. The van der Waals surface area contributed by atoms with Crippen LogP contribution in [0.15, 0.2) is 30.6 Å². The third-order valence-corrected chi connectivity index (χ3v) is 2.31. The smallest absolute Gasteiger partial charge is 0.341 e. The zero-order valence-corrected chi connectivity index (χ0v) is 9.91. The zero-order valence-electron chi connectivity index (χ0n) is 9.91. The van der Waals surface area contributed by atoms with Crippen molar-refractivity contribution in [1.82, 2.24) is 14.8 Å². The Kier molecular flexibility index (Phi) is 3.69. The van der Waals surface area contributed by atoms with Gasteiger partial charge < -0.3 is 9.84 Å². The highest BCUT2D eigenvalue weighted by Gasteiger charge is 2.15. The number of esters is 1. The maximum absolute atomic E-state index is 11.8. The van der Waals surface area contributed by atoms with E-state index in [1.807, 2.05) is 0 Å². The van der Waals surface area contributed by atoms with E-state index in [1.165, 1.54) is 4.68 Å². The number of ether oxygens (including phenoxy) is 1. The van der Waals surface area contributed by atoms with E-state index < -0.39 is 5.97 Å². The van der Waals surface area contributed by atoms with Gasteiger partial charge in [-0.15, -0.1) is 0 Å². The molecule has 0 atom stereocenters. The normalized spacial score (nSPS) is 10.3. The number of carbonyl (C=O) groups is 1. The average molecular weight is 247 g/mol. The van der Waals surface area contributed by atoms with Crippen molar-refractivity contribution >= 4 is 5.97 Å². The molecule has 2 heterocycles. The minimum Gasteiger partial charge on any atom is -0.462 e. The molecular formula is C12H13N3O3. The lowest BCUT2D eigenvalue weighted by Crippen LogP contribution is -2.11. The number of nitrogens with zero attached hydrogens (tertiary/aromatic N) is 3. The van der Waals surface area contributed by atoms with Crippen molar-refractivity contribution in [2.45, 2.75) is 13.5 Å². The summed E-state index contributed by atoms with van der Waals surface area (Å²) in [5.74, 6) is -0.0581. The first-order chi connectivity index (χ1) is 8.76. The maximum atomic E-state index is 11.8. The molecule has 0 saturated carbocycles. The van der Waals surface area contributed by atoms with E-state index in [0.717, 1.165) is 0 Å². The molecule has 18 heavy (non-hydrogen) atoms. The lowest BCUT2D eigenvalue weighted by atomic mass is 10.2. The van der Waals surface area contributed by atoms with Crippen LogP contribution in [-0.4, -0.2) is 32.4 Å². The standard InChI is InChI=1S/C12H13N3O3/c1-2-18-12(17)10-4-3-6-13-11(10)15-7-5-9(8-16)14-15/h3-7,16H,2,8H2,1H3. The summed E-state index contributed by atoms with van der Waals surface area (Å²) in [5, 5.41) is 13.1. The fourth-order valence-electron chi connectivity index (χ4n) is 1.51. The molecular weight excluding hydrogens is 234 g/mol. The molecule has 0 aliphatic carbocycles. The van der Waals surface area contributed by atoms with Crippen molar-refractivity contribution in [2.75, 3.05) is 6.61 Å². The first-order valence-corrected chi connectivity index (χ1v) is 5.54. The number of hydrogen-bond acceptors (Lipinski definition) is 5. The monoisotopic (exact) mass is 247 g/mol. The molecule has 6 nitrogen and oxygen atoms in total. The Morgan fingerprint density at radius 3 is 3.00 bits per heavy atom. The number of aliphatic hydroxyl groups excluding tert-OH is 1. The first kappa shape index (κ1) is 12.3. The third-order valence-electron chi connectivity index (χ3n) is 2.31. The Balaban J connectivity index is 2.41. The van der Waals surface area contributed by atoms with Crippen molar-refractivity contribution in [2.24, 2.45) is 0 Å². The van der Waals surface area contributed by atoms with Crippen molar-refractivity contribution in [3.8, 4) is 5.82 Å². The molecule has 94 valence electrons. The number of aromatic nitrogens is 3. The summed E-state index contributed by atoms with van der Waals surface area (Å²) in [6.07, 6.45) is 3.20. The van der Waals surface area contributed by atoms with Crippen LogP contribution in [0.3, 0.4) is 0 Å². The number of hydrogen-bond donors (Lipinski definition) is 1. The van der Waals surface area contributed by atoms with Crippen LogP contribution in [0.4, 0.5) is 0 Å². The van der Waals surface area contributed by atoms with Crippen LogP contribution in [0, 0.1) is 0 Å². The van der Waals surface area contributed by atoms with Gasteiger partial charge in [0.15, 0.2) is 5.82 Å². The van der Waals surface area contributed by atoms with Crippen molar-refractivity contribution in [1.29, 1.82) is 0 Å². The summed E-state index contributed by atoms with van der Waals surface area (Å²) < 4.78 is 6.40. The molecule has 0 aromatic carbocycles. The van der Waals surface area contributed by atoms with Crippen LogP contribution >= 0.6 is 0 Å². The highest BCUT2D eigenvalue weighted by Crippen LogP contribution is 2.12. The number of carbonyl (C=O) groups excluding carboxylic acids is 1. The largest absolute Gasteiger partial charge is 0.462 e. The van der Waals surface area contributed by atoms with Gasteiger partial charge in [0, 0.05) is 12.4 Å². The third kappa shape index (κ3) is 2.38. The second-order valence-electron chi connectivity index (χ2n) is 3.50. The predicted molar refractivity (Wildman–Crippen MR) is 63.2 cm³/mol. The van der Waals surface area contributed by atoms with E-state index in [2.05, 4.69) is 10.1 Å². The van der Waals surface area contributed by atoms with E-state index in [0.29, 0.717) is 23.7 Å². The summed E-state index contributed by atoms with van der Waals surface area (Å²) in [4.78, 5) is 15.9. The van der Waals surface area contributed by atoms with E-state index >= 15 is 0 Å². The van der Waals surface area contributed by atoms with E-state index in [-0.39, 0.29) is 6.61 Å². The van der Waals surface area contributed by atoms with Crippen LogP contribution < -0.4 is 0 Å². The fraction of sp³-hybridized carbons (Fsp3) is 0.250. The fourth-order valence-corrected chi connectivity index (χ4v) is 1.51.